The summed E-state index contributed by atoms with van der Waals surface area (Å²) in [5, 5.41) is 8.14. The Morgan fingerprint density at radius 3 is 2.36 bits per heavy atom. The average molecular weight is 342 g/mol. The van der Waals surface area contributed by atoms with Crippen molar-refractivity contribution in [2.24, 2.45) is 0 Å². The predicted octanol–water partition coefficient (Wildman–Crippen LogP) is 1.60. The molecule has 1 saturated heterocycles. The van der Waals surface area contributed by atoms with E-state index in [0.717, 1.165) is 5.82 Å². The monoisotopic (exact) mass is 342 g/mol. The zero-order valence-corrected chi connectivity index (χ0v) is 14.5. The fourth-order valence-electron chi connectivity index (χ4n) is 2.76. The third-order valence-electron chi connectivity index (χ3n) is 4.15. The molecule has 0 aliphatic carbocycles. The van der Waals surface area contributed by atoms with Crippen molar-refractivity contribution in [2.75, 3.05) is 38.2 Å². The van der Waals surface area contributed by atoms with Crippen molar-refractivity contribution in [2.45, 2.75) is 13.0 Å². The van der Waals surface area contributed by atoms with Crippen molar-refractivity contribution in [1.82, 2.24) is 15.1 Å². The molecule has 0 bridgehead atoms. The first-order valence-corrected chi connectivity index (χ1v) is 8.30. The van der Waals surface area contributed by atoms with E-state index in [1.807, 2.05) is 41.3 Å². The molecule has 1 aromatic carbocycles. The van der Waals surface area contributed by atoms with E-state index in [9.17, 15) is 4.79 Å². The molecule has 7 nitrogen and oxygen atoms in total. The first kappa shape index (κ1) is 17.0. The number of rotatable bonds is 5. The highest BCUT2D eigenvalue weighted by Gasteiger charge is 2.26. The lowest BCUT2D eigenvalue weighted by atomic mass is 10.2. The quantitative estimate of drug-likeness (QED) is 0.822. The Kier molecular flexibility index (Phi) is 5.33. The Hall–Kier alpha value is -2.83. The largest absolute Gasteiger partial charge is 0.481 e. The summed E-state index contributed by atoms with van der Waals surface area (Å²) < 4.78 is 10.7. The van der Waals surface area contributed by atoms with Crippen molar-refractivity contribution >= 4 is 11.7 Å². The van der Waals surface area contributed by atoms with E-state index in [1.54, 1.807) is 20.1 Å². The number of carbonyl (C=O) groups excluding carboxylic acids is 1. The van der Waals surface area contributed by atoms with Gasteiger partial charge in [0.15, 0.2) is 11.9 Å². The van der Waals surface area contributed by atoms with Gasteiger partial charge in [0.05, 0.1) is 7.11 Å². The van der Waals surface area contributed by atoms with Gasteiger partial charge in [-0.3, -0.25) is 4.79 Å². The molecule has 1 unspecified atom stereocenters. The van der Waals surface area contributed by atoms with E-state index in [1.165, 1.54) is 0 Å². The van der Waals surface area contributed by atoms with E-state index < -0.39 is 6.10 Å². The lowest BCUT2D eigenvalue weighted by Gasteiger charge is -2.36. The molecule has 0 N–H and O–H groups in total. The van der Waals surface area contributed by atoms with Crippen LogP contribution in [0.1, 0.15) is 6.92 Å². The Balaban J connectivity index is 1.53. The summed E-state index contributed by atoms with van der Waals surface area (Å²) in [6.45, 7) is 4.48. The van der Waals surface area contributed by atoms with Gasteiger partial charge in [0.2, 0.25) is 5.88 Å². The number of ether oxygens (including phenoxy) is 2. The number of carbonyl (C=O) groups is 1. The third kappa shape index (κ3) is 4.17. The Labute approximate surface area is 147 Å². The molecule has 25 heavy (non-hydrogen) atoms. The average Bonchev–Trinajstić information content (AvgIpc) is 2.68. The van der Waals surface area contributed by atoms with E-state index in [0.29, 0.717) is 37.8 Å². The Morgan fingerprint density at radius 2 is 1.76 bits per heavy atom. The van der Waals surface area contributed by atoms with Gasteiger partial charge in [0, 0.05) is 32.2 Å². The van der Waals surface area contributed by atoms with Gasteiger partial charge in [0.25, 0.3) is 5.91 Å². The molecule has 2 aromatic rings. The fourth-order valence-corrected chi connectivity index (χ4v) is 2.76. The molecule has 2 heterocycles. The van der Waals surface area contributed by atoms with Gasteiger partial charge in [-0.15, -0.1) is 10.2 Å². The molecule has 1 aliphatic rings. The molecular weight excluding hydrogens is 320 g/mol. The number of anilines is 1. The molecule has 7 heteroatoms. The van der Waals surface area contributed by atoms with Crippen LogP contribution in [0.5, 0.6) is 11.6 Å². The van der Waals surface area contributed by atoms with Crippen LogP contribution in [0.4, 0.5) is 5.82 Å². The molecule has 1 amide bonds. The maximum Gasteiger partial charge on any atom is 0.263 e. The van der Waals surface area contributed by atoms with Crippen LogP contribution in [0.15, 0.2) is 42.5 Å². The minimum atomic E-state index is -0.505. The minimum Gasteiger partial charge on any atom is -0.481 e. The normalized spacial score (nSPS) is 15.6. The van der Waals surface area contributed by atoms with Crippen molar-refractivity contribution < 1.29 is 14.3 Å². The van der Waals surface area contributed by atoms with Crippen LogP contribution in [0, 0.1) is 0 Å². The molecule has 1 aromatic heterocycles. The van der Waals surface area contributed by atoms with E-state index in [4.69, 9.17) is 9.47 Å². The fraction of sp³-hybridized carbons (Fsp3) is 0.389. The lowest BCUT2D eigenvalue weighted by molar-refractivity contribution is -0.138. The molecular formula is C18H22N4O3. The van der Waals surface area contributed by atoms with Crippen molar-refractivity contribution in [3.05, 3.63) is 42.5 Å². The van der Waals surface area contributed by atoms with Gasteiger partial charge in [-0.05, 0) is 25.1 Å². The summed E-state index contributed by atoms with van der Waals surface area (Å²) in [6, 6.07) is 13.1. The zero-order chi connectivity index (χ0) is 17.6. The Bertz CT molecular complexity index is 685. The first-order chi connectivity index (χ1) is 12.2. The zero-order valence-electron chi connectivity index (χ0n) is 14.5. The van der Waals surface area contributed by atoms with Crippen LogP contribution in [0.25, 0.3) is 0 Å². The van der Waals surface area contributed by atoms with Gasteiger partial charge in [0.1, 0.15) is 5.75 Å². The SMILES string of the molecule is COc1ccc(N2CCN(C(=O)C(C)Oc3ccccc3)CC2)nn1. The van der Waals surface area contributed by atoms with Crippen molar-refractivity contribution in [1.29, 1.82) is 0 Å². The smallest absolute Gasteiger partial charge is 0.263 e. The number of methoxy groups -OCH3 is 1. The molecule has 1 fully saturated rings. The van der Waals surface area contributed by atoms with Crippen LogP contribution in [0.2, 0.25) is 0 Å². The van der Waals surface area contributed by atoms with Crippen molar-refractivity contribution in [3.63, 3.8) is 0 Å². The second kappa shape index (κ2) is 7.83. The molecule has 0 saturated carbocycles. The predicted molar refractivity (Wildman–Crippen MR) is 93.9 cm³/mol. The standard InChI is InChI=1S/C18H22N4O3/c1-14(25-15-6-4-3-5-7-15)18(23)22-12-10-21(11-13-22)16-8-9-17(24-2)20-19-16/h3-9,14H,10-13H2,1-2H3. The van der Waals surface area contributed by atoms with E-state index >= 15 is 0 Å². The highest BCUT2D eigenvalue weighted by Crippen LogP contribution is 2.17. The summed E-state index contributed by atoms with van der Waals surface area (Å²) in [6.07, 6.45) is -0.505. The summed E-state index contributed by atoms with van der Waals surface area (Å²) in [5.74, 6) is 1.99. The number of amides is 1. The van der Waals surface area contributed by atoms with E-state index in [-0.39, 0.29) is 5.91 Å². The lowest BCUT2D eigenvalue weighted by Crippen LogP contribution is -2.52. The van der Waals surface area contributed by atoms with Crippen molar-refractivity contribution in [3.8, 4) is 11.6 Å². The summed E-state index contributed by atoms with van der Waals surface area (Å²) >= 11 is 0. The number of aromatic nitrogens is 2. The molecule has 0 radical (unpaired) electrons. The van der Waals surface area contributed by atoms with Crippen LogP contribution in [-0.2, 0) is 4.79 Å². The van der Waals surface area contributed by atoms with Gasteiger partial charge < -0.3 is 19.3 Å². The Morgan fingerprint density at radius 1 is 1.04 bits per heavy atom. The second-order valence-corrected chi connectivity index (χ2v) is 5.82. The van der Waals surface area contributed by atoms with E-state index in [2.05, 4.69) is 15.1 Å². The number of nitrogens with zero attached hydrogens (tertiary/aromatic N) is 4. The molecule has 1 atom stereocenters. The highest BCUT2D eigenvalue weighted by molar-refractivity contribution is 5.81. The number of para-hydroxylation sites is 1. The van der Waals surface area contributed by atoms with Gasteiger partial charge in [-0.25, -0.2) is 0 Å². The van der Waals surface area contributed by atoms with Gasteiger partial charge in [-0.2, -0.15) is 0 Å². The summed E-state index contributed by atoms with van der Waals surface area (Å²) in [4.78, 5) is 16.5. The number of hydrogen-bond acceptors (Lipinski definition) is 6. The first-order valence-electron chi connectivity index (χ1n) is 8.30. The molecule has 0 spiro atoms. The van der Waals surface area contributed by atoms with Crippen LogP contribution < -0.4 is 14.4 Å². The van der Waals surface area contributed by atoms with Crippen LogP contribution in [-0.4, -0.2) is 60.4 Å². The second-order valence-electron chi connectivity index (χ2n) is 5.82. The summed E-state index contributed by atoms with van der Waals surface area (Å²) in [7, 11) is 1.56. The third-order valence-corrected chi connectivity index (χ3v) is 4.15. The number of hydrogen-bond donors (Lipinski definition) is 0. The molecule has 1 aliphatic heterocycles. The minimum absolute atomic E-state index is 0.00400. The van der Waals surface area contributed by atoms with Gasteiger partial charge >= 0.3 is 0 Å². The highest BCUT2D eigenvalue weighted by atomic mass is 16.5. The number of piperazine rings is 1. The van der Waals surface area contributed by atoms with Gasteiger partial charge in [-0.1, -0.05) is 18.2 Å². The molecule has 3 rings (SSSR count). The number of benzene rings is 1. The van der Waals surface area contributed by atoms with Crippen LogP contribution in [0.3, 0.4) is 0 Å². The maximum absolute atomic E-state index is 12.6. The molecule has 132 valence electrons. The van der Waals surface area contributed by atoms with Crippen LogP contribution >= 0.6 is 0 Å². The summed E-state index contributed by atoms with van der Waals surface area (Å²) in [5.41, 5.74) is 0. The topological polar surface area (TPSA) is 67.8 Å². The maximum atomic E-state index is 12.6.